The van der Waals surface area contributed by atoms with Crippen LogP contribution in [0.2, 0.25) is 0 Å². The molecule has 0 amide bonds. The molecule has 0 saturated carbocycles. The van der Waals surface area contributed by atoms with E-state index >= 15 is 0 Å². The van der Waals surface area contributed by atoms with E-state index in [4.69, 9.17) is 4.74 Å². The Labute approximate surface area is 77.0 Å². The minimum absolute atomic E-state index is 0.397. The lowest BCUT2D eigenvalue weighted by Crippen LogP contribution is -2.29. The van der Waals surface area contributed by atoms with Crippen LogP contribution in [0, 0.1) is 13.8 Å². The monoisotopic (exact) mass is 179 g/mol. The highest BCUT2D eigenvalue weighted by molar-refractivity contribution is 5.66. The van der Waals surface area contributed by atoms with E-state index < -0.39 is 12.6 Å². The highest BCUT2D eigenvalue weighted by Crippen LogP contribution is 2.21. The smallest absolute Gasteiger partial charge is 0.128 e. The van der Waals surface area contributed by atoms with Gasteiger partial charge in [0.15, 0.2) is 0 Å². The second-order valence-corrected chi connectivity index (χ2v) is 2.88. The van der Waals surface area contributed by atoms with Gasteiger partial charge in [0, 0.05) is 0 Å². The van der Waals surface area contributed by atoms with Gasteiger partial charge in [-0.15, -0.1) is 0 Å². The van der Waals surface area contributed by atoms with Gasteiger partial charge in [0.1, 0.15) is 12.4 Å². The highest BCUT2D eigenvalue weighted by Gasteiger charge is 2.01. The number of ether oxygens (including phenoxy) is 1. The van der Waals surface area contributed by atoms with Gasteiger partial charge in [-0.2, -0.15) is 0 Å². The third kappa shape index (κ3) is 2.47. The molecule has 0 aliphatic rings. The van der Waals surface area contributed by atoms with Crippen molar-refractivity contribution in [3.63, 3.8) is 0 Å². The molecule has 0 radical (unpaired) electrons. The van der Waals surface area contributed by atoms with Gasteiger partial charge in [-0.05, 0) is 25.0 Å². The van der Waals surface area contributed by atoms with Crippen molar-refractivity contribution in [1.29, 1.82) is 0 Å². The average Bonchev–Trinajstić information content (AvgIpc) is 2.03. The minimum Gasteiger partial charge on any atom is -0.546 e. The molecular formula is C10H11O3-. The molecule has 0 unspecified atom stereocenters. The van der Waals surface area contributed by atoms with Gasteiger partial charge in [0.25, 0.3) is 0 Å². The van der Waals surface area contributed by atoms with Crippen LogP contribution in [-0.4, -0.2) is 12.6 Å². The molecule has 0 saturated heterocycles. The van der Waals surface area contributed by atoms with Crippen LogP contribution in [0.5, 0.6) is 5.75 Å². The largest absolute Gasteiger partial charge is 0.546 e. The number of hydrogen-bond acceptors (Lipinski definition) is 3. The number of benzene rings is 1. The molecule has 0 fully saturated rings. The standard InChI is InChI=1S/C10H12O3/c1-7-4-3-5-8(2)10(7)13-6-9(11)12/h3-5H,6H2,1-2H3,(H,11,12)/p-1. The maximum Gasteiger partial charge on any atom is 0.128 e. The molecule has 0 N–H and O–H groups in total. The zero-order chi connectivity index (χ0) is 9.84. The number of carbonyl (C=O) groups excluding carboxylic acids is 1. The lowest BCUT2D eigenvalue weighted by molar-refractivity contribution is -0.307. The molecule has 0 bridgehead atoms. The molecule has 13 heavy (non-hydrogen) atoms. The Morgan fingerprint density at radius 2 is 1.92 bits per heavy atom. The van der Waals surface area contributed by atoms with Crippen LogP contribution < -0.4 is 9.84 Å². The molecule has 1 aromatic rings. The molecule has 0 spiro atoms. The minimum atomic E-state index is -1.21. The lowest BCUT2D eigenvalue weighted by Gasteiger charge is -2.11. The quantitative estimate of drug-likeness (QED) is 0.676. The molecular weight excluding hydrogens is 168 g/mol. The summed E-state index contributed by atoms with van der Waals surface area (Å²) in [6, 6.07) is 5.64. The summed E-state index contributed by atoms with van der Waals surface area (Å²) in [6.45, 7) is 3.35. The van der Waals surface area contributed by atoms with Crippen molar-refractivity contribution in [2.45, 2.75) is 13.8 Å². The Morgan fingerprint density at radius 1 is 1.38 bits per heavy atom. The van der Waals surface area contributed by atoms with E-state index in [9.17, 15) is 9.90 Å². The van der Waals surface area contributed by atoms with Gasteiger partial charge in [-0.25, -0.2) is 0 Å². The van der Waals surface area contributed by atoms with Crippen molar-refractivity contribution >= 4 is 5.97 Å². The first-order valence-corrected chi connectivity index (χ1v) is 4.00. The normalized spacial score (nSPS) is 9.69. The van der Waals surface area contributed by atoms with Crippen molar-refractivity contribution < 1.29 is 14.6 Å². The van der Waals surface area contributed by atoms with Crippen LogP contribution >= 0.6 is 0 Å². The van der Waals surface area contributed by atoms with Crippen LogP contribution in [0.1, 0.15) is 11.1 Å². The molecule has 1 rings (SSSR count). The van der Waals surface area contributed by atoms with Crippen molar-refractivity contribution in [1.82, 2.24) is 0 Å². The van der Waals surface area contributed by atoms with Gasteiger partial charge < -0.3 is 14.6 Å². The summed E-state index contributed by atoms with van der Waals surface area (Å²) in [4.78, 5) is 10.2. The summed E-state index contributed by atoms with van der Waals surface area (Å²) in [6.07, 6.45) is 0. The van der Waals surface area contributed by atoms with E-state index in [1.807, 2.05) is 32.0 Å². The fourth-order valence-corrected chi connectivity index (χ4v) is 1.16. The van der Waals surface area contributed by atoms with E-state index in [1.54, 1.807) is 0 Å². The molecule has 0 atom stereocenters. The Morgan fingerprint density at radius 3 is 2.38 bits per heavy atom. The molecule has 0 aliphatic carbocycles. The lowest BCUT2D eigenvalue weighted by atomic mass is 10.1. The second-order valence-electron chi connectivity index (χ2n) is 2.88. The van der Waals surface area contributed by atoms with E-state index in [-0.39, 0.29) is 0 Å². The van der Waals surface area contributed by atoms with Gasteiger partial charge >= 0.3 is 0 Å². The molecule has 0 aliphatic heterocycles. The molecule has 1 aromatic carbocycles. The Balaban J connectivity index is 2.81. The van der Waals surface area contributed by atoms with E-state index in [0.29, 0.717) is 5.75 Å². The van der Waals surface area contributed by atoms with Crippen LogP contribution in [0.3, 0.4) is 0 Å². The Bertz CT molecular complexity index is 298. The van der Waals surface area contributed by atoms with Gasteiger partial charge in [-0.1, -0.05) is 18.2 Å². The third-order valence-electron chi connectivity index (χ3n) is 1.74. The summed E-state index contributed by atoms with van der Waals surface area (Å²) < 4.78 is 5.07. The molecule has 70 valence electrons. The maximum absolute atomic E-state index is 10.2. The predicted molar refractivity (Wildman–Crippen MR) is 46.4 cm³/mol. The van der Waals surface area contributed by atoms with Crippen molar-refractivity contribution in [3.05, 3.63) is 29.3 Å². The van der Waals surface area contributed by atoms with Crippen LogP contribution in [0.4, 0.5) is 0 Å². The molecule has 3 nitrogen and oxygen atoms in total. The van der Waals surface area contributed by atoms with Crippen LogP contribution in [-0.2, 0) is 4.79 Å². The van der Waals surface area contributed by atoms with E-state index in [2.05, 4.69) is 0 Å². The summed E-state index contributed by atoms with van der Waals surface area (Å²) in [5.74, 6) is -0.575. The summed E-state index contributed by atoms with van der Waals surface area (Å²) in [7, 11) is 0. The number of carboxylic acid groups (broad SMARTS) is 1. The van der Waals surface area contributed by atoms with Crippen LogP contribution in [0.25, 0.3) is 0 Å². The first kappa shape index (κ1) is 9.58. The molecule has 0 aromatic heterocycles. The second kappa shape index (κ2) is 3.94. The first-order valence-electron chi connectivity index (χ1n) is 4.00. The van der Waals surface area contributed by atoms with Gasteiger partial charge in [0.2, 0.25) is 0 Å². The fraction of sp³-hybridized carbons (Fsp3) is 0.300. The average molecular weight is 179 g/mol. The summed E-state index contributed by atoms with van der Waals surface area (Å²) in [5.41, 5.74) is 1.86. The maximum atomic E-state index is 10.2. The number of hydrogen-bond donors (Lipinski definition) is 0. The number of carboxylic acids is 1. The van der Waals surface area contributed by atoms with Gasteiger partial charge in [-0.3, -0.25) is 0 Å². The number of aliphatic carboxylic acids is 1. The van der Waals surface area contributed by atoms with Crippen molar-refractivity contribution in [2.24, 2.45) is 0 Å². The summed E-state index contributed by atoms with van der Waals surface area (Å²) >= 11 is 0. The third-order valence-corrected chi connectivity index (χ3v) is 1.74. The SMILES string of the molecule is Cc1cccc(C)c1OCC(=O)[O-]. The van der Waals surface area contributed by atoms with E-state index in [0.717, 1.165) is 11.1 Å². The molecule has 3 heteroatoms. The fourth-order valence-electron chi connectivity index (χ4n) is 1.16. The van der Waals surface area contributed by atoms with Crippen molar-refractivity contribution in [2.75, 3.05) is 6.61 Å². The van der Waals surface area contributed by atoms with Crippen molar-refractivity contribution in [3.8, 4) is 5.75 Å². The summed E-state index contributed by atoms with van der Waals surface area (Å²) in [5, 5.41) is 10.2. The van der Waals surface area contributed by atoms with E-state index in [1.165, 1.54) is 0 Å². The zero-order valence-corrected chi connectivity index (χ0v) is 7.66. The molecule has 0 heterocycles. The first-order chi connectivity index (χ1) is 6.11. The number of aryl methyl sites for hydroxylation is 2. The Kier molecular flexibility index (Phi) is 2.90. The topological polar surface area (TPSA) is 49.4 Å². The number of rotatable bonds is 3. The van der Waals surface area contributed by atoms with Crippen LogP contribution in [0.15, 0.2) is 18.2 Å². The zero-order valence-electron chi connectivity index (χ0n) is 7.66. The van der Waals surface area contributed by atoms with Gasteiger partial charge in [0.05, 0.1) is 5.97 Å². The number of carbonyl (C=O) groups is 1. The predicted octanol–water partition coefficient (Wildman–Crippen LogP) is 0.432. The number of para-hydroxylation sites is 1. The Hall–Kier alpha value is -1.51. The highest BCUT2D eigenvalue weighted by atomic mass is 16.5.